The Labute approximate surface area is 117 Å². The summed E-state index contributed by atoms with van der Waals surface area (Å²) in [4.78, 5) is 11.5. The van der Waals surface area contributed by atoms with Crippen LogP contribution in [-0.4, -0.2) is 29.2 Å². The number of rotatable bonds is 3. The van der Waals surface area contributed by atoms with Crippen LogP contribution in [-0.2, 0) is 4.74 Å². The van der Waals surface area contributed by atoms with Crippen LogP contribution in [0.3, 0.4) is 0 Å². The molecule has 19 heavy (non-hydrogen) atoms. The highest BCUT2D eigenvalue weighted by atomic mass is 32.1. The van der Waals surface area contributed by atoms with E-state index in [1.54, 1.807) is 11.3 Å². The minimum atomic E-state index is 0.324. The number of ether oxygens (including phenoxy) is 1. The second-order valence-corrected chi connectivity index (χ2v) is 6.30. The molecule has 2 aromatic rings. The molecule has 1 aliphatic rings. The minimum Gasteiger partial charge on any atom is -0.376 e. The number of nitrogens with one attached hydrogen (secondary N) is 1. The third-order valence-corrected chi connectivity index (χ3v) is 4.76. The van der Waals surface area contributed by atoms with Gasteiger partial charge in [-0.15, -0.1) is 11.3 Å². The van der Waals surface area contributed by atoms with E-state index in [9.17, 15) is 0 Å². The Kier molecular flexibility index (Phi) is 3.41. The molecule has 1 saturated heterocycles. The molecule has 102 valence electrons. The van der Waals surface area contributed by atoms with Gasteiger partial charge < -0.3 is 10.1 Å². The van der Waals surface area contributed by atoms with Gasteiger partial charge >= 0.3 is 0 Å². The predicted molar refractivity (Wildman–Crippen MR) is 79.1 cm³/mol. The lowest BCUT2D eigenvalue weighted by Gasteiger charge is -2.12. The molecule has 2 aromatic heterocycles. The number of aryl methyl sites for hydroxylation is 3. The fraction of sp³-hybridized carbons (Fsp3) is 0.571. The van der Waals surface area contributed by atoms with Crippen molar-refractivity contribution in [3.05, 3.63) is 16.3 Å². The maximum Gasteiger partial charge on any atom is 0.138 e. The molecule has 3 rings (SSSR count). The Hall–Kier alpha value is -1.20. The third kappa shape index (κ3) is 2.44. The SMILES string of the molecule is Cc1nc(NCC2CCCO2)c2c(C)c(C)sc2n1. The molecule has 4 nitrogen and oxygen atoms in total. The summed E-state index contributed by atoms with van der Waals surface area (Å²) < 4.78 is 5.65. The van der Waals surface area contributed by atoms with Gasteiger partial charge in [0, 0.05) is 18.0 Å². The van der Waals surface area contributed by atoms with E-state index in [0.717, 1.165) is 36.0 Å². The first-order valence-electron chi connectivity index (χ1n) is 6.75. The van der Waals surface area contributed by atoms with Gasteiger partial charge in [0.15, 0.2) is 0 Å². The number of fused-ring (bicyclic) bond motifs is 1. The molecule has 3 heterocycles. The van der Waals surface area contributed by atoms with Gasteiger partial charge in [-0.25, -0.2) is 9.97 Å². The Bertz CT molecular complexity index is 602. The fourth-order valence-electron chi connectivity index (χ4n) is 2.50. The molecule has 1 aliphatic heterocycles. The van der Waals surface area contributed by atoms with Crippen molar-refractivity contribution in [2.75, 3.05) is 18.5 Å². The number of hydrogen-bond donors (Lipinski definition) is 1. The quantitative estimate of drug-likeness (QED) is 0.936. The largest absolute Gasteiger partial charge is 0.376 e. The van der Waals surface area contributed by atoms with Gasteiger partial charge in [0.2, 0.25) is 0 Å². The normalized spacial score (nSPS) is 19.2. The summed E-state index contributed by atoms with van der Waals surface area (Å²) in [5.41, 5.74) is 1.29. The van der Waals surface area contributed by atoms with E-state index in [0.29, 0.717) is 6.10 Å². The number of nitrogens with zero attached hydrogens (tertiary/aromatic N) is 2. The molecule has 0 aromatic carbocycles. The fourth-order valence-corrected chi connectivity index (χ4v) is 3.57. The summed E-state index contributed by atoms with van der Waals surface area (Å²) in [6.07, 6.45) is 2.63. The van der Waals surface area contributed by atoms with Gasteiger partial charge in [0.25, 0.3) is 0 Å². The van der Waals surface area contributed by atoms with Gasteiger partial charge in [-0.1, -0.05) is 0 Å². The first kappa shape index (κ1) is 12.8. The van der Waals surface area contributed by atoms with E-state index < -0.39 is 0 Å². The molecule has 0 saturated carbocycles. The molecule has 0 radical (unpaired) electrons. The smallest absolute Gasteiger partial charge is 0.138 e. The minimum absolute atomic E-state index is 0.324. The van der Waals surface area contributed by atoms with Crippen LogP contribution >= 0.6 is 11.3 Å². The predicted octanol–water partition coefficient (Wildman–Crippen LogP) is 3.21. The summed E-state index contributed by atoms with van der Waals surface area (Å²) in [6, 6.07) is 0. The van der Waals surface area contributed by atoms with Crippen molar-refractivity contribution in [2.24, 2.45) is 0 Å². The average molecular weight is 277 g/mol. The zero-order valence-electron chi connectivity index (χ0n) is 11.6. The van der Waals surface area contributed by atoms with Crippen LogP contribution in [0.1, 0.15) is 29.1 Å². The van der Waals surface area contributed by atoms with E-state index in [1.807, 2.05) is 6.92 Å². The van der Waals surface area contributed by atoms with Crippen LogP contribution < -0.4 is 5.32 Å². The van der Waals surface area contributed by atoms with Gasteiger partial charge in [-0.3, -0.25) is 0 Å². The van der Waals surface area contributed by atoms with Crippen molar-refractivity contribution in [1.82, 2.24) is 9.97 Å². The molecule has 5 heteroatoms. The van der Waals surface area contributed by atoms with Gasteiger partial charge in [0.1, 0.15) is 16.5 Å². The topological polar surface area (TPSA) is 47.0 Å². The van der Waals surface area contributed by atoms with Crippen LogP contribution in [0.4, 0.5) is 5.82 Å². The monoisotopic (exact) mass is 277 g/mol. The van der Waals surface area contributed by atoms with Crippen LogP contribution in [0, 0.1) is 20.8 Å². The maximum absolute atomic E-state index is 5.65. The summed E-state index contributed by atoms with van der Waals surface area (Å²) in [6.45, 7) is 7.95. The zero-order chi connectivity index (χ0) is 13.4. The van der Waals surface area contributed by atoms with E-state index in [4.69, 9.17) is 4.74 Å². The lowest BCUT2D eigenvalue weighted by Crippen LogP contribution is -2.19. The van der Waals surface area contributed by atoms with Crippen LogP contribution in [0.25, 0.3) is 10.2 Å². The second kappa shape index (κ2) is 5.06. The maximum atomic E-state index is 5.65. The molecule has 1 unspecified atom stereocenters. The van der Waals surface area contributed by atoms with E-state index in [2.05, 4.69) is 29.1 Å². The Morgan fingerprint density at radius 3 is 2.89 bits per heavy atom. The Morgan fingerprint density at radius 1 is 1.32 bits per heavy atom. The van der Waals surface area contributed by atoms with Gasteiger partial charge in [-0.2, -0.15) is 0 Å². The highest BCUT2D eigenvalue weighted by molar-refractivity contribution is 7.18. The molecule has 1 fully saturated rings. The van der Waals surface area contributed by atoms with E-state index in [-0.39, 0.29) is 0 Å². The molecule has 1 N–H and O–H groups in total. The lowest BCUT2D eigenvalue weighted by atomic mass is 10.2. The van der Waals surface area contributed by atoms with Crippen molar-refractivity contribution in [2.45, 2.75) is 39.7 Å². The van der Waals surface area contributed by atoms with Crippen molar-refractivity contribution >= 4 is 27.4 Å². The van der Waals surface area contributed by atoms with Crippen LogP contribution in [0.2, 0.25) is 0 Å². The molecule has 1 atom stereocenters. The second-order valence-electron chi connectivity index (χ2n) is 5.10. The summed E-state index contributed by atoms with van der Waals surface area (Å²) in [5, 5.41) is 4.63. The van der Waals surface area contributed by atoms with Crippen LogP contribution in [0.5, 0.6) is 0 Å². The lowest BCUT2D eigenvalue weighted by molar-refractivity contribution is 0.120. The van der Waals surface area contributed by atoms with Crippen molar-refractivity contribution in [3.8, 4) is 0 Å². The van der Waals surface area contributed by atoms with E-state index >= 15 is 0 Å². The van der Waals surface area contributed by atoms with Crippen LogP contribution in [0.15, 0.2) is 0 Å². The number of hydrogen-bond acceptors (Lipinski definition) is 5. The van der Waals surface area contributed by atoms with Crippen molar-refractivity contribution in [3.63, 3.8) is 0 Å². The number of anilines is 1. The first-order chi connectivity index (χ1) is 9.15. The molecule has 0 spiro atoms. The number of thiophene rings is 1. The Morgan fingerprint density at radius 2 is 2.16 bits per heavy atom. The first-order valence-corrected chi connectivity index (χ1v) is 7.56. The standard InChI is InChI=1S/C14H19N3OS/c1-8-9(2)19-14-12(8)13(16-10(3)17-14)15-7-11-5-4-6-18-11/h11H,4-7H2,1-3H3,(H,15,16,17). The molecular weight excluding hydrogens is 258 g/mol. The summed E-state index contributed by atoms with van der Waals surface area (Å²) >= 11 is 1.74. The molecular formula is C14H19N3OS. The van der Waals surface area contributed by atoms with Gasteiger partial charge in [-0.05, 0) is 39.2 Å². The molecule has 0 aliphatic carbocycles. The highest BCUT2D eigenvalue weighted by Crippen LogP contribution is 2.33. The van der Waals surface area contributed by atoms with Crippen molar-refractivity contribution in [1.29, 1.82) is 0 Å². The summed E-state index contributed by atoms with van der Waals surface area (Å²) in [7, 11) is 0. The van der Waals surface area contributed by atoms with Crippen molar-refractivity contribution < 1.29 is 4.74 Å². The van der Waals surface area contributed by atoms with Gasteiger partial charge in [0.05, 0.1) is 11.5 Å². The molecule has 0 amide bonds. The van der Waals surface area contributed by atoms with E-state index in [1.165, 1.54) is 22.2 Å². The number of aromatic nitrogens is 2. The molecule has 0 bridgehead atoms. The Balaban J connectivity index is 1.92. The zero-order valence-corrected chi connectivity index (χ0v) is 12.4. The third-order valence-electron chi connectivity index (χ3n) is 3.66. The highest BCUT2D eigenvalue weighted by Gasteiger charge is 2.17. The average Bonchev–Trinajstić information content (AvgIpc) is 2.96. The summed E-state index contributed by atoms with van der Waals surface area (Å²) in [5.74, 6) is 1.78.